The van der Waals surface area contributed by atoms with Crippen molar-refractivity contribution >= 4 is 20.9 Å². The molecule has 0 radical (unpaired) electrons. The lowest BCUT2D eigenvalue weighted by Crippen LogP contribution is -2.63. The van der Waals surface area contributed by atoms with E-state index >= 15 is 8.78 Å². The van der Waals surface area contributed by atoms with Gasteiger partial charge in [0.05, 0.1) is 5.41 Å². The second-order valence-electron chi connectivity index (χ2n) is 12.2. The molecule has 0 aliphatic heterocycles. The van der Waals surface area contributed by atoms with Gasteiger partial charge in [0, 0.05) is 5.56 Å². The van der Waals surface area contributed by atoms with Gasteiger partial charge < -0.3 is 4.18 Å². The Morgan fingerprint density at radius 2 is 1.02 bits per heavy atom. The van der Waals surface area contributed by atoms with Crippen LogP contribution in [0.5, 0.6) is 5.75 Å². The Hall–Kier alpha value is -5.30. The summed E-state index contributed by atoms with van der Waals surface area (Å²) in [5, 5.41) is -5.78. The van der Waals surface area contributed by atoms with E-state index in [1.807, 2.05) is 0 Å². The molecule has 0 N–H and O–H groups in total. The lowest BCUT2D eigenvalue weighted by molar-refractivity contribution is -0.382. The summed E-state index contributed by atoms with van der Waals surface area (Å²) >= 11 is 0. The second-order valence-corrected chi connectivity index (χ2v) is 13.8. The van der Waals surface area contributed by atoms with Crippen molar-refractivity contribution in [2.24, 2.45) is 0 Å². The number of benzene rings is 6. The van der Waals surface area contributed by atoms with Crippen LogP contribution in [0.1, 0.15) is 22.3 Å². The zero-order chi connectivity index (χ0) is 37.3. The third-order valence-electron chi connectivity index (χ3n) is 9.25. The Balaban J connectivity index is 1.54. The van der Waals surface area contributed by atoms with Gasteiger partial charge in [0.25, 0.3) is 0 Å². The maximum absolute atomic E-state index is 15.2. The van der Waals surface area contributed by atoms with Crippen LogP contribution >= 0.6 is 0 Å². The van der Waals surface area contributed by atoms with Gasteiger partial charge in [0.15, 0.2) is 5.75 Å². The van der Waals surface area contributed by atoms with Gasteiger partial charge in [-0.2, -0.15) is 47.9 Å². The van der Waals surface area contributed by atoms with Crippen LogP contribution in [0.25, 0.3) is 33.0 Å². The number of hydrogen-bond donors (Lipinski definition) is 0. The highest BCUT2D eigenvalue weighted by Gasteiger charge is 2.86. The molecule has 1 aliphatic carbocycles. The SMILES string of the molecule is O=S(=O)(Oc1cc2c(cc1-c1ccc3ccccc3c1)-c1ccccc1C2(c1ccccc1)c1ccccc1)C(F)(F)C(F)(F)C(F)(F)C(F)(F)F. The van der Waals surface area contributed by atoms with Crippen molar-refractivity contribution in [3.8, 4) is 28.0 Å². The predicted octanol–water partition coefficient (Wildman–Crippen LogP) is 11.0. The van der Waals surface area contributed by atoms with Crippen LogP contribution in [0.4, 0.5) is 39.5 Å². The van der Waals surface area contributed by atoms with Crippen LogP contribution in [0, 0.1) is 0 Å². The topological polar surface area (TPSA) is 43.4 Å². The van der Waals surface area contributed by atoms with Gasteiger partial charge in [0.1, 0.15) is 0 Å². The van der Waals surface area contributed by atoms with Gasteiger partial charge >= 0.3 is 33.4 Å². The third kappa shape index (κ3) is 5.00. The fourth-order valence-corrected chi connectivity index (χ4v) is 7.73. The highest BCUT2D eigenvalue weighted by atomic mass is 32.2. The highest BCUT2D eigenvalue weighted by Crippen LogP contribution is 2.59. The van der Waals surface area contributed by atoms with E-state index < -0.39 is 44.6 Å². The maximum atomic E-state index is 15.2. The molecule has 0 bridgehead atoms. The molecule has 0 heterocycles. The lowest BCUT2D eigenvalue weighted by Gasteiger charge is -2.34. The summed E-state index contributed by atoms with van der Waals surface area (Å²) in [4.78, 5) is 0. The van der Waals surface area contributed by atoms with Crippen molar-refractivity contribution in [3.63, 3.8) is 0 Å². The fraction of sp³-hybridized carbons (Fsp3) is 0.128. The minimum atomic E-state index is -7.48. The normalized spacial score (nSPS) is 14.6. The quantitative estimate of drug-likeness (QED) is 0.115. The van der Waals surface area contributed by atoms with Crippen LogP contribution in [-0.2, 0) is 15.5 Å². The molecular weight excluding hydrogens is 719 g/mol. The average Bonchev–Trinajstić information content (AvgIpc) is 3.41. The molecule has 0 amide bonds. The zero-order valence-corrected chi connectivity index (χ0v) is 27.1. The molecule has 0 spiro atoms. The summed E-state index contributed by atoms with van der Waals surface area (Å²) in [5.41, 5.74) is 1.78. The predicted molar refractivity (Wildman–Crippen MR) is 177 cm³/mol. The fourth-order valence-electron chi connectivity index (χ4n) is 6.81. The first-order chi connectivity index (χ1) is 24.4. The summed E-state index contributed by atoms with van der Waals surface area (Å²) in [7, 11) is -7.30. The van der Waals surface area contributed by atoms with E-state index in [-0.39, 0.29) is 16.7 Å². The molecule has 0 fully saturated rings. The molecule has 52 heavy (non-hydrogen) atoms. The van der Waals surface area contributed by atoms with Gasteiger partial charge in [-0.3, -0.25) is 0 Å². The highest BCUT2D eigenvalue weighted by molar-refractivity contribution is 7.88. The van der Waals surface area contributed by atoms with Crippen LogP contribution in [0.3, 0.4) is 0 Å². The standard InChI is InChI=1S/C39H23F9O3S/c40-36(41,38(44,45)46)37(42,43)39(47,48)52(49,50)51-34-23-33-31(22-30(34)26-20-19-24-11-7-8-12-25(24)21-26)29-17-9-10-18-32(29)35(33,27-13-3-1-4-14-27)28-15-5-2-6-16-28/h1-23H. The van der Waals surface area contributed by atoms with Crippen molar-refractivity contribution in [1.82, 2.24) is 0 Å². The monoisotopic (exact) mass is 742 g/mol. The number of alkyl halides is 9. The third-order valence-corrected chi connectivity index (χ3v) is 10.5. The van der Waals surface area contributed by atoms with Gasteiger partial charge in [-0.1, -0.05) is 121 Å². The summed E-state index contributed by atoms with van der Waals surface area (Å²) in [6.07, 6.45) is -7.24. The smallest absolute Gasteiger partial charge is 0.377 e. The molecule has 13 heteroatoms. The number of rotatable bonds is 8. The molecule has 0 unspecified atom stereocenters. The van der Waals surface area contributed by atoms with E-state index in [1.165, 1.54) is 18.2 Å². The molecular formula is C39H23F9O3S. The molecule has 0 saturated heterocycles. The minimum absolute atomic E-state index is 0.136. The second kappa shape index (κ2) is 11.9. The first kappa shape index (κ1) is 35.1. The molecule has 0 saturated carbocycles. The van der Waals surface area contributed by atoms with Gasteiger partial charge in [-0.25, -0.2) is 0 Å². The summed E-state index contributed by atoms with van der Waals surface area (Å²) in [6.45, 7) is 0. The Bertz CT molecular complexity index is 2390. The number of halogens is 9. The van der Waals surface area contributed by atoms with Crippen LogP contribution in [0.2, 0.25) is 0 Å². The van der Waals surface area contributed by atoms with Crippen molar-refractivity contribution in [2.45, 2.75) is 28.7 Å². The first-order valence-corrected chi connectivity index (χ1v) is 16.9. The average molecular weight is 743 g/mol. The zero-order valence-electron chi connectivity index (χ0n) is 26.3. The molecule has 266 valence electrons. The Kier molecular flexibility index (Phi) is 8.02. The molecule has 6 aromatic carbocycles. The summed E-state index contributed by atoms with van der Waals surface area (Å²) in [6, 6.07) is 38.4. The van der Waals surface area contributed by atoms with Gasteiger partial charge in [-0.05, 0) is 67.9 Å². The first-order valence-electron chi connectivity index (χ1n) is 15.5. The molecule has 6 aromatic rings. The van der Waals surface area contributed by atoms with Crippen molar-refractivity contribution < 1.29 is 52.1 Å². The largest absolute Gasteiger partial charge is 0.460 e. The van der Waals surface area contributed by atoms with E-state index in [2.05, 4.69) is 4.18 Å². The number of hydrogen-bond acceptors (Lipinski definition) is 3. The minimum Gasteiger partial charge on any atom is -0.377 e. The van der Waals surface area contributed by atoms with E-state index in [0.29, 0.717) is 38.6 Å². The van der Waals surface area contributed by atoms with Crippen LogP contribution in [0.15, 0.2) is 140 Å². The van der Waals surface area contributed by atoms with Crippen molar-refractivity contribution in [1.29, 1.82) is 0 Å². The summed E-state index contributed by atoms with van der Waals surface area (Å²) < 4.78 is 157. The molecule has 0 aromatic heterocycles. The van der Waals surface area contributed by atoms with Crippen molar-refractivity contribution in [2.75, 3.05) is 0 Å². The molecule has 1 aliphatic rings. The Morgan fingerprint density at radius 3 is 1.62 bits per heavy atom. The summed E-state index contributed by atoms with van der Waals surface area (Å²) in [5.74, 6) is -16.0. The Labute approximate surface area is 291 Å². The molecule has 7 rings (SSSR count). The molecule has 3 nitrogen and oxygen atoms in total. The molecule has 0 atom stereocenters. The van der Waals surface area contributed by atoms with Crippen LogP contribution < -0.4 is 4.18 Å². The van der Waals surface area contributed by atoms with Gasteiger partial charge in [-0.15, -0.1) is 0 Å². The van der Waals surface area contributed by atoms with Crippen molar-refractivity contribution in [3.05, 3.63) is 162 Å². The van der Waals surface area contributed by atoms with Gasteiger partial charge in [0.2, 0.25) is 0 Å². The van der Waals surface area contributed by atoms with E-state index in [9.17, 15) is 39.2 Å². The van der Waals surface area contributed by atoms with E-state index in [1.54, 1.807) is 115 Å². The number of fused-ring (bicyclic) bond motifs is 4. The van der Waals surface area contributed by atoms with E-state index in [0.717, 1.165) is 6.07 Å². The lowest BCUT2D eigenvalue weighted by atomic mass is 9.67. The Morgan fingerprint density at radius 1 is 0.481 bits per heavy atom. The van der Waals surface area contributed by atoms with E-state index in [4.69, 9.17) is 0 Å². The van der Waals surface area contributed by atoms with Crippen LogP contribution in [-0.4, -0.2) is 31.7 Å². The maximum Gasteiger partial charge on any atom is 0.460 e.